The number of hydrogen-bond acceptors (Lipinski definition) is 4. The first kappa shape index (κ1) is 14.9. The summed E-state index contributed by atoms with van der Waals surface area (Å²) in [4.78, 5) is 8.27. The summed E-state index contributed by atoms with van der Waals surface area (Å²) in [5.41, 5.74) is 4.12. The fraction of sp³-hybridized carbons (Fsp3) is 0.375. The van der Waals surface area contributed by atoms with Gasteiger partial charge in [-0.25, -0.2) is 9.97 Å². The van der Waals surface area contributed by atoms with E-state index in [1.807, 2.05) is 17.8 Å². The van der Waals surface area contributed by atoms with Gasteiger partial charge < -0.3 is 5.32 Å². The Labute approximate surface area is 125 Å². The molecular formula is C16H21N3S. The molecule has 0 saturated carbocycles. The molecule has 0 aliphatic rings. The number of rotatable bonds is 7. The first-order valence-corrected chi connectivity index (χ1v) is 8.05. The lowest BCUT2D eigenvalue weighted by Crippen LogP contribution is -2.05. The second-order valence-corrected chi connectivity index (χ2v) is 6.01. The van der Waals surface area contributed by atoms with E-state index < -0.39 is 0 Å². The summed E-state index contributed by atoms with van der Waals surface area (Å²) in [6.07, 6.45) is 4.63. The van der Waals surface area contributed by atoms with Crippen LogP contribution in [0.2, 0.25) is 0 Å². The highest BCUT2D eigenvalue weighted by molar-refractivity contribution is 7.98. The topological polar surface area (TPSA) is 37.8 Å². The Morgan fingerprint density at radius 1 is 1.05 bits per heavy atom. The van der Waals surface area contributed by atoms with Gasteiger partial charge in [-0.1, -0.05) is 29.3 Å². The summed E-state index contributed by atoms with van der Waals surface area (Å²) in [7, 11) is 0. The van der Waals surface area contributed by atoms with E-state index in [1.54, 1.807) is 12.4 Å². The van der Waals surface area contributed by atoms with E-state index in [1.165, 1.54) is 16.7 Å². The molecule has 2 rings (SSSR count). The second kappa shape index (κ2) is 7.90. The standard InChI is InChI=1S/C16H21N3S/c1-13-9-14(2)11-15(10-13)12-20-8-4-7-19-16-17-5-3-6-18-16/h3,5-6,9-11H,4,7-8,12H2,1-2H3,(H,17,18,19). The van der Waals surface area contributed by atoms with Crippen molar-refractivity contribution >= 4 is 17.7 Å². The number of aryl methyl sites for hydroxylation is 2. The Morgan fingerprint density at radius 3 is 2.45 bits per heavy atom. The molecule has 106 valence electrons. The molecule has 0 bridgehead atoms. The molecule has 2 aromatic rings. The predicted octanol–water partition coefficient (Wildman–Crippen LogP) is 3.83. The second-order valence-electron chi connectivity index (χ2n) is 4.90. The van der Waals surface area contributed by atoms with E-state index in [0.29, 0.717) is 5.95 Å². The zero-order valence-corrected chi connectivity index (χ0v) is 12.9. The lowest BCUT2D eigenvalue weighted by atomic mass is 10.1. The summed E-state index contributed by atoms with van der Waals surface area (Å²) in [5, 5.41) is 3.23. The summed E-state index contributed by atoms with van der Waals surface area (Å²) in [6.45, 7) is 5.24. The van der Waals surface area contributed by atoms with Crippen LogP contribution in [0.3, 0.4) is 0 Å². The van der Waals surface area contributed by atoms with Crippen LogP contribution in [-0.2, 0) is 5.75 Å². The number of benzene rings is 1. The van der Waals surface area contributed by atoms with Crippen LogP contribution < -0.4 is 5.32 Å². The van der Waals surface area contributed by atoms with Gasteiger partial charge in [-0.15, -0.1) is 0 Å². The van der Waals surface area contributed by atoms with E-state index in [4.69, 9.17) is 0 Å². The molecule has 0 atom stereocenters. The Hall–Kier alpha value is -1.55. The largest absolute Gasteiger partial charge is 0.354 e. The van der Waals surface area contributed by atoms with Crippen LogP contribution in [0.15, 0.2) is 36.7 Å². The summed E-state index contributed by atoms with van der Waals surface area (Å²) >= 11 is 1.98. The monoisotopic (exact) mass is 287 g/mol. The van der Waals surface area contributed by atoms with Crippen molar-refractivity contribution in [3.63, 3.8) is 0 Å². The van der Waals surface area contributed by atoms with Gasteiger partial charge in [0.05, 0.1) is 0 Å². The van der Waals surface area contributed by atoms with E-state index in [0.717, 1.165) is 24.5 Å². The predicted molar refractivity (Wildman–Crippen MR) is 87.2 cm³/mol. The fourth-order valence-corrected chi connectivity index (χ4v) is 3.00. The molecule has 0 fully saturated rings. The summed E-state index contributed by atoms with van der Waals surface area (Å²) < 4.78 is 0. The van der Waals surface area contributed by atoms with Crippen LogP contribution in [0.5, 0.6) is 0 Å². The van der Waals surface area contributed by atoms with Crippen molar-refractivity contribution in [1.29, 1.82) is 0 Å². The molecule has 1 aromatic carbocycles. The van der Waals surface area contributed by atoms with Gasteiger partial charge >= 0.3 is 0 Å². The van der Waals surface area contributed by atoms with Gasteiger partial charge in [0.25, 0.3) is 0 Å². The van der Waals surface area contributed by atoms with Crippen LogP contribution in [0.4, 0.5) is 5.95 Å². The lowest BCUT2D eigenvalue weighted by molar-refractivity contribution is 0.961. The Bertz CT molecular complexity index is 508. The van der Waals surface area contributed by atoms with Gasteiger partial charge in [0.1, 0.15) is 0 Å². The van der Waals surface area contributed by atoms with Crippen molar-refractivity contribution in [2.75, 3.05) is 17.6 Å². The molecule has 0 aliphatic carbocycles. The first-order chi connectivity index (χ1) is 9.74. The average molecular weight is 287 g/mol. The summed E-state index contributed by atoms with van der Waals surface area (Å²) in [5.74, 6) is 2.95. The van der Waals surface area contributed by atoms with Crippen LogP contribution in [0, 0.1) is 13.8 Å². The quantitative estimate of drug-likeness (QED) is 0.785. The molecule has 0 amide bonds. The molecule has 0 spiro atoms. The molecule has 20 heavy (non-hydrogen) atoms. The van der Waals surface area contributed by atoms with Crippen molar-refractivity contribution in [2.24, 2.45) is 0 Å². The highest BCUT2D eigenvalue weighted by Gasteiger charge is 1.97. The number of nitrogens with zero attached hydrogens (tertiary/aromatic N) is 2. The Kier molecular flexibility index (Phi) is 5.87. The third kappa shape index (κ3) is 5.21. The molecule has 4 heteroatoms. The number of thioether (sulfide) groups is 1. The van der Waals surface area contributed by atoms with Crippen LogP contribution in [0.25, 0.3) is 0 Å². The molecule has 0 radical (unpaired) electrons. The third-order valence-electron chi connectivity index (χ3n) is 2.86. The highest BCUT2D eigenvalue weighted by atomic mass is 32.2. The van der Waals surface area contributed by atoms with Crippen molar-refractivity contribution < 1.29 is 0 Å². The maximum absolute atomic E-state index is 4.13. The normalized spacial score (nSPS) is 10.5. The van der Waals surface area contributed by atoms with Crippen LogP contribution in [-0.4, -0.2) is 22.3 Å². The number of hydrogen-bond donors (Lipinski definition) is 1. The smallest absolute Gasteiger partial charge is 0.222 e. The molecular weight excluding hydrogens is 266 g/mol. The maximum atomic E-state index is 4.13. The molecule has 0 aliphatic heterocycles. The summed E-state index contributed by atoms with van der Waals surface area (Å²) in [6, 6.07) is 8.59. The average Bonchev–Trinajstić information content (AvgIpc) is 2.43. The van der Waals surface area contributed by atoms with Gasteiger partial charge in [-0.2, -0.15) is 11.8 Å². The van der Waals surface area contributed by atoms with E-state index in [-0.39, 0.29) is 0 Å². The van der Waals surface area contributed by atoms with Crippen molar-refractivity contribution in [3.8, 4) is 0 Å². The first-order valence-electron chi connectivity index (χ1n) is 6.90. The molecule has 0 unspecified atom stereocenters. The molecule has 3 nitrogen and oxygen atoms in total. The molecule has 1 N–H and O–H groups in total. The minimum atomic E-state index is 0.715. The zero-order valence-electron chi connectivity index (χ0n) is 12.1. The van der Waals surface area contributed by atoms with E-state index in [9.17, 15) is 0 Å². The fourth-order valence-electron chi connectivity index (χ4n) is 2.11. The van der Waals surface area contributed by atoms with Crippen molar-refractivity contribution in [1.82, 2.24) is 9.97 Å². The van der Waals surface area contributed by atoms with Crippen molar-refractivity contribution in [2.45, 2.75) is 26.0 Å². The Balaban J connectivity index is 1.62. The van der Waals surface area contributed by atoms with Gasteiger partial charge in [0, 0.05) is 24.7 Å². The minimum Gasteiger partial charge on any atom is -0.354 e. The van der Waals surface area contributed by atoms with Crippen molar-refractivity contribution in [3.05, 3.63) is 53.3 Å². The van der Waals surface area contributed by atoms with Gasteiger partial charge in [0.15, 0.2) is 0 Å². The minimum absolute atomic E-state index is 0.715. The number of anilines is 1. The third-order valence-corrected chi connectivity index (χ3v) is 3.98. The zero-order chi connectivity index (χ0) is 14.2. The molecule has 1 aromatic heterocycles. The van der Waals surface area contributed by atoms with Gasteiger partial charge in [-0.3, -0.25) is 0 Å². The molecule has 0 saturated heterocycles. The van der Waals surface area contributed by atoms with Gasteiger partial charge in [0.2, 0.25) is 5.95 Å². The lowest BCUT2D eigenvalue weighted by Gasteiger charge is -2.06. The van der Waals surface area contributed by atoms with Crippen LogP contribution >= 0.6 is 11.8 Å². The molecule has 1 heterocycles. The number of aromatic nitrogens is 2. The van der Waals surface area contributed by atoms with E-state index in [2.05, 4.69) is 47.3 Å². The SMILES string of the molecule is Cc1cc(C)cc(CSCCCNc2ncccn2)c1. The maximum Gasteiger partial charge on any atom is 0.222 e. The Morgan fingerprint density at radius 2 is 1.75 bits per heavy atom. The number of nitrogens with one attached hydrogen (secondary N) is 1. The van der Waals surface area contributed by atoms with E-state index >= 15 is 0 Å². The highest BCUT2D eigenvalue weighted by Crippen LogP contribution is 2.16. The van der Waals surface area contributed by atoms with Gasteiger partial charge in [-0.05, 0) is 37.7 Å². The van der Waals surface area contributed by atoms with Crippen LogP contribution in [0.1, 0.15) is 23.1 Å².